The van der Waals surface area contributed by atoms with Crippen molar-refractivity contribution in [2.24, 2.45) is 5.73 Å². The van der Waals surface area contributed by atoms with Crippen LogP contribution in [-0.2, 0) is 15.1 Å². The van der Waals surface area contributed by atoms with E-state index in [9.17, 15) is 18.0 Å². The average molecular weight is 320 g/mol. The Labute approximate surface area is 124 Å². The molecule has 1 aromatic heterocycles. The van der Waals surface area contributed by atoms with Crippen molar-refractivity contribution in [2.75, 3.05) is 19.8 Å². The number of nitrogens with two attached hydrogens (primary N) is 1. The summed E-state index contributed by atoms with van der Waals surface area (Å²) in [5.41, 5.74) is 4.54. The largest absolute Gasteiger partial charge is 0.468 e. The standard InChI is InChI=1S/C13H15F3N2O4/c14-13(15,16)8-21-10-7-9(1-4-18-10)12(22-11(17)19)2-5-20-6-3-12/h1,4,7H,2-3,5-6,8H2,(H2,17,19). The number of pyridine rings is 1. The summed E-state index contributed by atoms with van der Waals surface area (Å²) in [6.45, 7) is -0.765. The van der Waals surface area contributed by atoms with Crippen LogP contribution >= 0.6 is 0 Å². The molecule has 0 saturated carbocycles. The number of hydrogen-bond acceptors (Lipinski definition) is 5. The number of amides is 1. The van der Waals surface area contributed by atoms with E-state index in [-0.39, 0.29) is 5.88 Å². The van der Waals surface area contributed by atoms with Crippen molar-refractivity contribution in [1.82, 2.24) is 4.98 Å². The summed E-state index contributed by atoms with van der Waals surface area (Å²) < 4.78 is 51.6. The number of hydrogen-bond donors (Lipinski definition) is 1. The highest BCUT2D eigenvalue weighted by Crippen LogP contribution is 2.37. The van der Waals surface area contributed by atoms with E-state index in [1.54, 1.807) is 6.07 Å². The number of carbonyl (C=O) groups excluding carboxylic acids is 1. The van der Waals surface area contributed by atoms with Gasteiger partial charge in [0.1, 0.15) is 5.60 Å². The van der Waals surface area contributed by atoms with Crippen LogP contribution in [0.2, 0.25) is 0 Å². The van der Waals surface area contributed by atoms with Crippen LogP contribution in [0.3, 0.4) is 0 Å². The maximum absolute atomic E-state index is 12.2. The number of carbonyl (C=O) groups is 1. The molecule has 1 aliphatic rings. The molecule has 2 heterocycles. The number of halogens is 3. The lowest BCUT2D eigenvalue weighted by Gasteiger charge is -2.36. The highest BCUT2D eigenvalue weighted by Gasteiger charge is 2.38. The predicted molar refractivity (Wildman–Crippen MR) is 68.2 cm³/mol. The number of ether oxygens (including phenoxy) is 3. The SMILES string of the molecule is NC(=O)OC1(c2ccnc(OCC(F)(F)F)c2)CCOCC1. The molecule has 0 atom stereocenters. The molecular weight excluding hydrogens is 305 g/mol. The van der Waals surface area contributed by atoms with Crippen molar-refractivity contribution in [3.63, 3.8) is 0 Å². The quantitative estimate of drug-likeness (QED) is 0.919. The van der Waals surface area contributed by atoms with Crippen LogP contribution in [0.5, 0.6) is 5.88 Å². The fourth-order valence-corrected chi connectivity index (χ4v) is 2.27. The molecule has 0 unspecified atom stereocenters. The molecular formula is C13H15F3N2O4. The lowest BCUT2D eigenvalue weighted by Crippen LogP contribution is -2.40. The third-order valence-electron chi connectivity index (χ3n) is 3.24. The average Bonchev–Trinajstić information content (AvgIpc) is 2.45. The Morgan fingerprint density at radius 1 is 1.41 bits per heavy atom. The van der Waals surface area contributed by atoms with E-state index in [2.05, 4.69) is 9.72 Å². The van der Waals surface area contributed by atoms with Gasteiger partial charge in [-0.1, -0.05) is 0 Å². The van der Waals surface area contributed by atoms with Gasteiger partial charge in [0, 0.05) is 30.7 Å². The van der Waals surface area contributed by atoms with E-state index in [1.807, 2.05) is 0 Å². The zero-order chi connectivity index (χ0) is 16.2. The minimum atomic E-state index is -4.46. The molecule has 0 spiro atoms. The van der Waals surface area contributed by atoms with Gasteiger partial charge in [0.05, 0.1) is 13.2 Å². The second-order valence-corrected chi connectivity index (χ2v) is 4.81. The van der Waals surface area contributed by atoms with Gasteiger partial charge in [-0.3, -0.25) is 0 Å². The highest BCUT2D eigenvalue weighted by molar-refractivity contribution is 5.65. The fourth-order valence-electron chi connectivity index (χ4n) is 2.27. The molecule has 0 radical (unpaired) electrons. The first-order valence-electron chi connectivity index (χ1n) is 6.53. The van der Waals surface area contributed by atoms with Crippen LogP contribution in [0.15, 0.2) is 18.3 Å². The molecule has 1 amide bonds. The van der Waals surface area contributed by atoms with E-state index in [4.69, 9.17) is 15.2 Å². The number of primary amides is 1. The van der Waals surface area contributed by atoms with E-state index in [0.29, 0.717) is 31.6 Å². The Morgan fingerprint density at radius 3 is 2.68 bits per heavy atom. The first kappa shape index (κ1) is 16.3. The van der Waals surface area contributed by atoms with Gasteiger partial charge in [0.15, 0.2) is 6.61 Å². The van der Waals surface area contributed by atoms with Gasteiger partial charge in [0.2, 0.25) is 5.88 Å². The monoisotopic (exact) mass is 320 g/mol. The molecule has 2 rings (SSSR count). The maximum Gasteiger partial charge on any atom is 0.422 e. The van der Waals surface area contributed by atoms with E-state index < -0.39 is 24.5 Å². The van der Waals surface area contributed by atoms with Crippen molar-refractivity contribution >= 4 is 6.09 Å². The van der Waals surface area contributed by atoms with E-state index >= 15 is 0 Å². The molecule has 0 aliphatic carbocycles. The zero-order valence-corrected chi connectivity index (χ0v) is 11.6. The van der Waals surface area contributed by atoms with E-state index in [0.717, 1.165) is 0 Å². The van der Waals surface area contributed by atoms with Crippen LogP contribution in [0.1, 0.15) is 18.4 Å². The number of nitrogens with zero attached hydrogens (tertiary/aromatic N) is 1. The summed E-state index contributed by atoms with van der Waals surface area (Å²) in [5.74, 6) is -0.200. The molecule has 2 N–H and O–H groups in total. The molecule has 1 fully saturated rings. The Hall–Kier alpha value is -2.03. The Balaban J connectivity index is 2.22. The fraction of sp³-hybridized carbons (Fsp3) is 0.538. The zero-order valence-electron chi connectivity index (χ0n) is 11.6. The first-order chi connectivity index (χ1) is 10.3. The molecule has 1 aliphatic heterocycles. The second-order valence-electron chi connectivity index (χ2n) is 4.81. The summed E-state index contributed by atoms with van der Waals surface area (Å²) in [4.78, 5) is 14.9. The molecule has 0 aromatic carbocycles. The first-order valence-corrected chi connectivity index (χ1v) is 6.53. The molecule has 0 bridgehead atoms. The van der Waals surface area contributed by atoms with Crippen molar-refractivity contribution in [1.29, 1.82) is 0 Å². The summed E-state index contributed by atoms with van der Waals surface area (Å²) in [6, 6.07) is 2.87. The van der Waals surface area contributed by atoms with Gasteiger partial charge in [-0.2, -0.15) is 13.2 Å². The van der Waals surface area contributed by atoms with Crippen molar-refractivity contribution in [3.8, 4) is 5.88 Å². The Morgan fingerprint density at radius 2 is 2.09 bits per heavy atom. The maximum atomic E-state index is 12.2. The third kappa shape index (κ3) is 4.23. The Bertz CT molecular complexity index is 530. The van der Waals surface area contributed by atoms with Crippen LogP contribution in [0.4, 0.5) is 18.0 Å². The Kier molecular flexibility index (Phi) is 4.74. The van der Waals surface area contributed by atoms with Gasteiger partial charge in [-0.15, -0.1) is 0 Å². The lowest BCUT2D eigenvalue weighted by molar-refractivity contribution is -0.154. The van der Waals surface area contributed by atoms with Gasteiger partial charge in [-0.25, -0.2) is 9.78 Å². The second kappa shape index (κ2) is 6.39. The van der Waals surface area contributed by atoms with Crippen molar-refractivity contribution < 1.29 is 32.2 Å². The minimum Gasteiger partial charge on any atom is -0.468 e. The number of alkyl halides is 3. The van der Waals surface area contributed by atoms with Crippen molar-refractivity contribution in [2.45, 2.75) is 24.6 Å². The normalized spacial score (nSPS) is 17.8. The van der Waals surface area contributed by atoms with Gasteiger partial charge in [-0.05, 0) is 6.07 Å². The van der Waals surface area contributed by atoms with Gasteiger partial charge >= 0.3 is 12.3 Å². The minimum absolute atomic E-state index is 0.200. The molecule has 122 valence electrons. The lowest BCUT2D eigenvalue weighted by atomic mass is 9.86. The van der Waals surface area contributed by atoms with Gasteiger partial charge < -0.3 is 19.9 Å². The predicted octanol–water partition coefficient (Wildman–Crippen LogP) is 2.12. The summed E-state index contributed by atoms with van der Waals surface area (Å²) in [6.07, 6.45) is -3.44. The van der Waals surface area contributed by atoms with Crippen LogP contribution in [0, 0.1) is 0 Å². The molecule has 9 heteroatoms. The van der Waals surface area contributed by atoms with Crippen LogP contribution in [0.25, 0.3) is 0 Å². The summed E-state index contributed by atoms with van der Waals surface area (Å²) in [5, 5.41) is 0. The van der Waals surface area contributed by atoms with E-state index in [1.165, 1.54) is 12.3 Å². The topological polar surface area (TPSA) is 83.7 Å². The van der Waals surface area contributed by atoms with Crippen LogP contribution in [-0.4, -0.2) is 37.1 Å². The van der Waals surface area contributed by atoms with Gasteiger partial charge in [0.25, 0.3) is 0 Å². The molecule has 1 aromatic rings. The molecule has 6 nitrogen and oxygen atoms in total. The smallest absolute Gasteiger partial charge is 0.422 e. The molecule has 22 heavy (non-hydrogen) atoms. The van der Waals surface area contributed by atoms with Crippen molar-refractivity contribution in [3.05, 3.63) is 23.9 Å². The summed E-state index contributed by atoms with van der Waals surface area (Å²) >= 11 is 0. The number of aromatic nitrogens is 1. The highest BCUT2D eigenvalue weighted by atomic mass is 19.4. The number of rotatable bonds is 4. The third-order valence-corrected chi connectivity index (χ3v) is 3.24. The molecule has 1 saturated heterocycles. The van der Waals surface area contributed by atoms with Crippen LogP contribution < -0.4 is 10.5 Å². The summed E-state index contributed by atoms with van der Waals surface area (Å²) in [7, 11) is 0.